The summed E-state index contributed by atoms with van der Waals surface area (Å²) in [6, 6.07) is -0.0831. The molecule has 0 rings (SSSR count). The van der Waals surface area contributed by atoms with E-state index < -0.39 is 0 Å². The maximum Gasteiger partial charge on any atom is 0.160 e. The highest BCUT2D eigenvalue weighted by Gasteiger charge is 2.22. The molecule has 0 aliphatic rings. The van der Waals surface area contributed by atoms with Crippen molar-refractivity contribution in [1.82, 2.24) is 0 Å². The van der Waals surface area contributed by atoms with Crippen molar-refractivity contribution in [2.75, 3.05) is 13.2 Å². The molecule has 0 saturated carbocycles. The van der Waals surface area contributed by atoms with Crippen LogP contribution in [0.2, 0.25) is 0 Å². The average molecular weight is 201 g/mol. The predicted octanol–water partition coefficient (Wildman–Crippen LogP) is 1.75. The van der Waals surface area contributed by atoms with E-state index in [-0.39, 0.29) is 23.8 Å². The van der Waals surface area contributed by atoms with Crippen LogP contribution in [0.1, 0.15) is 40.5 Å². The minimum absolute atomic E-state index is 0.0135. The van der Waals surface area contributed by atoms with Gasteiger partial charge in [-0.15, -0.1) is 0 Å². The zero-order chi connectivity index (χ0) is 11.2. The monoisotopic (exact) mass is 201 g/mol. The SMILES string of the molecule is CCCOCC(=O)CC(N)C(C)(C)C. The number of carbonyl (C=O) groups excluding carboxylic acids is 1. The quantitative estimate of drug-likeness (QED) is 0.666. The first-order valence-corrected chi connectivity index (χ1v) is 5.23. The second-order valence-corrected chi connectivity index (χ2v) is 4.77. The summed E-state index contributed by atoms with van der Waals surface area (Å²) in [5.41, 5.74) is 5.87. The van der Waals surface area contributed by atoms with Crippen LogP contribution in [0.4, 0.5) is 0 Å². The number of rotatable bonds is 6. The number of hydrogen-bond acceptors (Lipinski definition) is 3. The molecule has 0 amide bonds. The Morgan fingerprint density at radius 2 is 2.00 bits per heavy atom. The minimum Gasteiger partial charge on any atom is -0.374 e. The van der Waals surface area contributed by atoms with E-state index >= 15 is 0 Å². The summed E-state index contributed by atoms with van der Waals surface area (Å²) in [5, 5.41) is 0. The molecule has 84 valence electrons. The Kier molecular flexibility index (Phi) is 5.96. The van der Waals surface area contributed by atoms with Crippen molar-refractivity contribution in [1.29, 1.82) is 0 Å². The largest absolute Gasteiger partial charge is 0.374 e. The Balaban J connectivity index is 3.72. The number of Topliss-reactive ketones (excluding diaryl/α,β-unsaturated/α-hetero) is 1. The van der Waals surface area contributed by atoms with E-state index in [0.29, 0.717) is 13.0 Å². The van der Waals surface area contributed by atoms with Crippen LogP contribution in [0.5, 0.6) is 0 Å². The maximum absolute atomic E-state index is 11.4. The molecule has 0 aromatic carbocycles. The molecule has 0 radical (unpaired) electrons. The fourth-order valence-corrected chi connectivity index (χ4v) is 0.941. The van der Waals surface area contributed by atoms with E-state index in [2.05, 4.69) is 0 Å². The molecule has 0 aromatic heterocycles. The van der Waals surface area contributed by atoms with Gasteiger partial charge in [0.2, 0.25) is 0 Å². The molecule has 3 heteroatoms. The van der Waals surface area contributed by atoms with Crippen molar-refractivity contribution in [2.24, 2.45) is 11.1 Å². The molecule has 1 unspecified atom stereocenters. The van der Waals surface area contributed by atoms with Crippen molar-refractivity contribution >= 4 is 5.78 Å². The van der Waals surface area contributed by atoms with Crippen LogP contribution in [0.15, 0.2) is 0 Å². The van der Waals surface area contributed by atoms with Gasteiger partial charge in [0.1, 0.15) is 6.61 Å². The maximum atomic E-state index is 11.4. The van der Waals surface area contributed by atoms with Crippen molar-refractivity contribution in [3.05, 3.63) is 0 Å². The molecule has 1 atom stereocenters. The predicted molar refractivity (Wildman–Crippen MR) is 58.2 cm³/mol. The molecule has 0 saturated heterocycles. The van der Waals surface area contributed by atoms with Gasteiger partial charge in [-0.2, -0.15) is 0 Å². The van der Waals surface area contributed by atoms with Gasteiger partial charge in [0.05, 0.1) is 0 Å². The Morgan fingerprint density at radius 3 is 2.43 bits per heavy atom. The van der Waals surface area contributed by atoms with Gasteiger partial charge in [0.25, 0.3) is 0 Å². The van der Waals surface area contributed by atoms with E-state index in [1.165, 1.54) is 0 Å². The Labute approximate surface area is 87.0 Å². The molecule has 0 bridgehead atoms. The van der Waals surface area contributed by atoms with Gasteiger partial charge in [-0.3, -0.25) is 4.79 Å². The molecule has 0 aliphatic carbocycles. The lowest BCUT2D eigenvalue weighted by Gasteiger charge is -2.26. The Morgan fingerprint density at radius 1 is 1.43 bits per heavy atom. The van der Waals surface area contributed by atoms with Gasteiger partial charge < -0.3 is 10.5 Å². The van der Waals surface area contributed by atoms with Crippen LogP contribution in [-0.2, 0) is 9.53 Å². The van der Waals surface area contributed by atoms with Crippen LogP contribution >= 0.6 is 0 Å². The van der Waals surface area contributed by atoms with Crippen molar-refractivity contribution in [3.63, 3.8) is 0 Å². The lowest BCUT2D eigenvalue weighted by molar-refractivity contribution is -0.124. The van der Waals surface area contributed by atoms with Gasteiger partial charge in [0.15, 0.2) is 5.78 Å². The summed E-state index contributed by atoms with van der Waals surface area (Å²) in [7, 11) is 0. The molecule has 0 aromatic rings. The summed E-state index contributed by atoms with van der Waals surface area (Å²) in [5.74, 6) is 0.0980. The Bertz CT molecular complexity index is 173. The number of ether oxygens (including phenoxy) is 1. The molecule has 0 heterocycles. The van der Waals surface area contributed by atoms with Crippen molar-refractivity contribution in [2.45, 2.75) is 46.6 Å². The number of hydrogen-bond donors (Lipinski definition) is 1. The molecular formula is C11H23NO2. The van der Waals surface area contributed by atoms with Gasteiger partial charge in [-0.25, -0.2) is 0 Å². The van der Waals surface area contributed by atoms with Crippen molar-refractivity contribution < 1.29 is 9.53 Å². The smallest absolute Gasteiger partial charge is 0.160 e. The zero-order valence-corrected chi connectivity index (χ0v) is 9.80. The normalized spacial score (nSPS) is 14.1. The highest BCUT2D eigenvalue weighted by molar-refractivity contribution is 5.80. The molecule has 0 fully saturated rings. The highest BCUT2D eigenvalue weighted by atomic mass is 16.5. The topological polar surface area (TPSA) is 52.3 Å². The van der Waals surface area contributed by atoms with Crippen LogP contribution in [-0.4, -0.2) is 25.0 Å². The fourth-order valence-electron chi connectivity index (χ4n) is 0.941. The first-order chi connectivity index (χ1) is 6.38. The molecule has 3 nitrogen and oxygen atoms in total. The van der Waals surface area contributed by atoms with E-state index in [1.807, 2.05) is 27.7 Å². The van der Waals surface area contributed by atoms with Crippen LogP contribution in [0.3, 0.4) is 0 Å². The van der Waals surface area contributed by atoms with Crippen LogP contribution in [0.25, 0.3) is 0 Å². The molecule has 2 N–H and O–H groups in total. The summed E-state index contributed by atoms with van der Waals surface area (Å²) in [4.78, 5) is 11.4. The summed E-state index contributed by atoms with van der Waals surface area (Å²) in [6.07, 6.45) is 1.35. The lowest BCUT2D eigenvalue weighted by atomic mass is 9.84. The third kappa shape index (κ3) is 6.11. The third-order valence-electron chi connectivity index (χ3n) is 2.17. The summed E-state index contributed by atoms with van der Waals surface area (Å²) >= 11 is 0. The standard InChI is InChI=1S/C11H23NO2/c1-5-6-14-8-9(13)7-10(12)11(2,3)4/h10H,5-8,12H2,1-4H3. The fraction of sp³-hybridized carbons (Fsp3) is 0.909. The highest BCUT2D eigenvalue weighted by Crippen LogP contribution is 2.19. The second-order valence-electron chi connectivity index (χ2n) is 4.77. The Hall–Kier alpha value is -0.410. The molecule has 14 heavy (non-hydrogen) atoms. The summed E-state index contributed by atoms with van der Waals surface area (Å²) < 4.78 is 5.15. The first-order valence-electron chi connectivity index (χ1n) is 5.23. The van der Waals surface area contributed by atoms with Gasteiger partial charge in [-0.05, 0) is 11.8 Å². The number of nitrogens with two attached hydrogens (primary N) is 1. The second kappa shape index (κ2) is 6.14. The molecule has 0 aliphatic heterocycles. The van der Waals surface area contributed by atoms with E-state index in [0.717, 1.165) is 6.42 Å². The van der Waals surface area contributed by atoms with Gasteiger partial charge in [0, 0.05) is 19.1 Å². The minimum atomic E-state index is -0.0831. The first kappa shape index (κ1) is 13.6. The molecular weight excluding hydrogens is 178 g/mol. The van der Waals surface area contributed by atoms with Gasteiger partial charge in [-0.1, -0.05) is 27.7 Å². The lowest BCUT2D eigenvalue weighted by Crippen LogP contribution is -2.37. The van der Waals surface area contributed by atoms with E-state index in [9.17, 15) is 4.79 Å². The summed E-state index contributed by atoms with van der Waals surface area (Å²) in [6.45, 7) is 8.99. The van der Waals surface area contributed by atoms with E-state index in [1.54, 1.807) is 0 Å². The number of ketones is 1. The van der Waals surface area contributed by atoms with E-state index in [4.69, 9.17) is 10.5 Å². The average Bonchev–Trinajstić information content (AvgIpc) is 2.03. The van der Waals surface area contributed by atoms with Crippen LogP contribution < -0.4 is 5.73 Å². The number of carbonyl (C=O) groups is 1. The molecule has 0 spiro atoms. The van der Waals surface area contributed by atoms with Gasteiger partial charge >= 0.3 is 0 Å². The third-order valence-corrected chi connectivity index (χ3v) is 2.17. The van der Waals surface area contributed by atoms with Crippen molar-refractivity contribution in [3.8, 4) is 0 Å². The van der Waals surface area contributed by atoms with Crippen LogP contribution in [0, 0.1) is 5.41 Å². The zero-order valence-electron chi connectivity index (χ0n) is 9.80.